The van der Waals surface area contributed by atoms with Crippen molar-refractivity contribution < 1.29 is 19.1 Å². The molecule has 0 aliphatic heterocycles. The Morgan fingerprint density at radius 1 is 1.12 bits per heavy atom. The average molecular weight is 349 g/mol. The number of imide groups is 1. The quantitative estimate of drug-likeness (QED) is 0.863. The van der Waals surface area contributed by atoms with E-state index in [0.29, 0.717) is 23.8 Å². The molecule has 0 aliphatic rings. The van der Waals surface area contributed by atoms with E-state index in [4.69, 9.17) is 21.1 Å². The van der Waals surface area contributed by atoms with Gasteiger partial charge < -0.3 is 14.8 Å². The van der Waals surface area contributed by atoms with Gasteiger partial charge in [0.15, 0.2) is 11.5 Å². The van der Waals surface area contributed by atoms with Gasteiger partial charge in [-0.05, 0) is 31.2 Å². The van der Waals surface area contributed by atoms with Gasteiger partial charge in [0, 0.05) is 11.8 Å². The third-order valence-electron chi connectivity index (χ3n) is 3.07. The summed E-state index contributed by atoms with van der Waals surface area (Å²) in [6.45, 7) is 2.36. The standard InChI is InChI=1S/C17H17ClN2O4/c1-3-24-14-9-8-11(10-15(14)23-2)19-17(22)20-16(21)12-6-4-5-7-13(12)18/h4-10H,3H2,1-2H3,(H2,19,20,21,22). The van der Waals surface area contributed by atoms with E-state index in [9.17, 15) is 9.59 Å². The van der Waals surface area contributed by atoms with Crippen molar-refractivity contribution in [2.75, 3.05) is 19.0 Å². The highest BCUT2D eigenvalue weighted by Crippen LogP contribution is 2.30. The van der Waals surface area contributed by atoms with E-state index >= 15 is 0 Å². The van der Waals surface area contributed by atoms with E-state index in [1.165, 1.54) is 13.2 Å². The molecule has 0 atom stereocenters. The summed E-state index contributed by atoms with van der Waals surface area (Å²) < 4.78 is 10.6. The molecule has 0 aromatic heterocycles. The van der Waals surface area contributed by atoms with Crippen LogP contribution in [0.1, 0.15) is 17.3 Å². The predicted molar refractivity (Wildman–Crippen MR) is 92.1 cm³/mol. The smallest absolute Gasteiger partial charge is 0.326 e. The monoisotopic (exact) mass is 348 g/mol. The highest BCUT2D eigenvalue weighted by Gasteiger charge is 2.14. The van der Waals surface area contributed by atoms with Gasteiger partial charge in [-0.3, -0.25) is 10.1 Å². The molecule has 0 saturated heterocycles. The van der Waals surface area contributed by atoms with Crippen molar-refractivity contribution in [3.8, 4) is 11.5 Å². The van der Waals surface area contributed by atoms with Gasteiger partial charge in [0.25, 0.3) is 5.91 Å². The van der Waals surface area contributed by atoms with Crippen molar-refractivity contribution in [3.63, 3.8) is 0 Å². The number of carbonyl (C=O) groups excluding carboxylic acids is 2. The lowest BCUT2D eigenvalue weighted by atomic mass is 10.2. The molecule has 0 radical (unpaired) electrons. The summed E-state index contributed by atoms with van der Waals surface area (Å²) in [4.78, 5) is 24.0. The number of anilines is 1. The minimum absolute atomic E-state index is 0.221. The molecule has 7 heteroatoms. The number of rotatable bonds is 5. The number of ether oxygens (including phenoxy) is 2. The minimum atomic E-state index is -0.675. The Labute approximate surface area is 144 Å². The molecule has 2 N–H and O–H groups in total. The molecule has 3 amide bonds. The van der Waals surface area contributed by atoms with Crippen LogP contribution in [-0.4, -0.2) is 25.7 Å². The van der Waals surface area contributed by atoms with E-state index < -0.39 is 11.9 Å². The second kappa shape index (κ2) is 8.21. The second-order valence-electron chi connectivity index (χ2n) is 4.69. The first-order valence-corrected chi connectivity index (χ1v) is 7.60. The Morgan fingerprint density at radius 3 is 2.54 bits per heavy atom. The summed E-state index contributed by atoms with van der Waals surface area (Å²) in [7, 11) is 1.50. The zero-order chi connectivity index (χ0) is 17.5. The normalized spacial score (nSPS) is 9.96. The highest BCUT2D eigenvalue weighted by molar-refractivity contribution is 6.34. The molecule has 0 heterocycles. The Bertz CT molecular complexity index is 749. The van der Waals surface area contributed by atoms with Crippen LogP contribution in [0.3, 0.4) is 0 Å². The Kier molecular flexibility index (Phi) is 6.03. The Hall–Kier alpha value is -2.73. The predicted octanol–water partition coefficient (Wildman–Crippen LogP) is 3.71. The van der Waals surface area contributed by atoms with Crippen LogP contribution in [-0.2, 0) is 0 Å². The maximum atomic E-state index is 12.0. The first kappa shape index (κ1) is 17.6. The minimum Gasteiger partial charge on any atom is -0.493 e. The summed E-state index contributed by atoms with van der Waals surface area (Å²) in [5.41, 5.74) is 0.679. The van der Waals surface area contributed by atoms with E-state index in [2.05, 4.69) is 10.6 Å². The Morgan fingerprint density at radius 2 is 1.88 bits per heavy atom. The second-order valence-corrected chi connectivity index (χ2v) is 5.09. The summed E-state index contributed by atoms with van der Waals surface area (Å²) in [5, 5.41) is 5.04. The molecule has 0 saturated carbocycles. The molecule has 0 bridgehead atoms. The van der Waals surface area contributed by atoms with Crippen LogP contribution in [0.25, 0.3) is 0 Å². The lowest BCUT2D eigenvalue weighted by Crippen LogP contribution is -2.34. The molecule has 2 aromatic carbocycles. The van der Waals surface area contributed by atoms with Crippen molar-refractivity contribution >= 4 is 29.2 Å². The van der Waals surface area contributed by atoms with Gasteiger partial charge in [0.05, 0.1) is 24.3 Å². The number of halogens is 1. The number of benzene rings is 2. The summed E-state index contributed by atoms with van der Waals surface area (Å²) in [5.74, 6) is 0.459. The van der Waals surface area contributed by atoms with Crippen molar-refractivity contribution in [1.82, 2.24) is 5.32 Å². The lowest BCUT2D eigenvalue weighted by molar-refractivity contribution is 0.0967. The highest BCUT2D eigenvalue weighted by atomic mass is 35.5. The van der Waals surface area contributed by atoms with Crippen LogP contribution in [0.2, 0.25) is 5.02 Å². The van der Waals surface area contributed by atoms with Gasteiger partial charge in [-0.1, -0.05) is 23.7 Å². The molecule has 2 rings (SSSR count). The van der Waals surface area contributed by atoms with Crippen LogP contribution < -0.4 is 20.1 Å². The molecule has 0 spiro atoms. The fourth-order valence-electron chi connectivity index (χ4n) is 2.00. The van der Waals surface area contributed by atoms with Crippen LogP contribution in [0.15, 0.2) is 42.5 Å². The number of urea groups is 1. The maximum absolute atomic E-state index is 12.0. The average Bonchev–Trinajstić information content (AvgIpc) is 2.56. The van der Waals surface area contributed by atoms with Crippen LogP contribution in [0.4, 0.5) is 10.5 Å². The largest absolute Gasteiger partial charge is 0.493 e. The van der Waals surface area contributed by atoms with E-state index in [0.717, 1.165) is 0 Å². The van der Waals surface area contributed by atoms with Crippen molar-refractivity contribution in [2.45, 2.75) is 6.92 Å². The van der Waals surface area contributed by atoms with Crippen molar-refractivity contribution in [1.29, 1.82) is 0 Å². The lowest BCUT2D eigenvalue weighted by Gasteiger charge is -2.12. The number of carbonyl (C=O) groups is 2. The van der Waals surface area contributed by atoms with E-state index in [1.54, 1.807) is 36.4 Å². The number of amides is 3. The molecule has 0 unspecified atom stereocenters. The van der Waals surface area contributed by atoms with Crippen molar-refractivity contribution in [2.24, 2.45) is 0 Å². The van der Waals surface area contributed by atoms with E-state index in [-0.39, 0.29) is 10.6 Å². The molecule has 126 valence electrons. The van der Waals surface area contributed by atoms with Gasteiger partial charge in [-0.15, -0.1) is 0 Å². The first-order chi connectivity index (χ1) is 11.5. The third-order valence-corrected chi connectivity index (χ3v) is 3.40. The molecule has 0 aliphatic carbocycles. The third kappa shape index (κ3) is 4.39. The molecule has 24 heavy (non-hydrogen) atoms. The van der Waals surface area contributed by atoms with Gasteiger partial charge in [0.1, 0.15) is 0 Å². The zero-order valence-electron chi connectivity index (χ0n) is 13.3. The number of nitrogens with one attached hydrogen (secondary N) is 2. The van der Waals surface area contributed by atoms with Crippen molar-refractivity contribution in [3.05, 3.63) is 53.1 Å². The number of hydrogen-bond donors (Lipinski definition) is 2. The molecular formula is C17H17ClN2O4. The zero-order valence-corrected chi connectivity index (χ0v) is 14.0. The first-order valence-electron chi connectivity index (χ1n) is 7.22. The summed E-state index contributed by atoms with van der Waals surface area (Å²) in [6, 6.07) is 10.7. The number of methoxy groups -OCH3 is 1. The summed E-state index contributed by atoms with van der Waals surface area (Å²) in [6.07, 6.45) is 0. The fraction of sp³-hybridized carbons (Fsp3) is 0.176. The van der Waals surface area contributed by atoms with E-state index in [1.807, 2.05) is 6.92 Å². The van der Waals surface area contributed by atoms with Gasteiger partial charge in [-0.25, -0.2) is 4.79 Å². The topological polar surface area (TPSA) is 76.7 Å². The van der Waals surface area contributed by atoms with Gasteiger partial charge in [-0.2, -0.15) is 0 Å². The maximum Gasteiger partial charge on any atom is 0.326 e. The van der Waals surface area contributed by atoms with Crippen LogP contribution in [0.5, 0.6) is 11.5 Å². The molecular weight excluding hydrogens is 332 g/mol. The van der Waals surface area contributed by atoms with Gasteiger partial charge >= 0.3 is 6.03 Å². The molecule has 2 aromatic rings. The molecule has 6 nitrogen and oxygen atoms in total. The number of hydrogen-bond acceptors (Lipinski definition) is 4. The van der Waals surface area contributed by atoms with Crippen LogP contribution in [0, 0.1) is 0 Å². The molecule has 0 fully saturated rings. The summed E-state index contributed by atoms with van der Waals surface area (Å²) >= 11 is 5.93. The Balaban J connectivity index is 2.04. The van der Waals surface area contributed by atoms with Gasteiger partial charge in [0.2, 0.25) is 0 Å². The fourth-order valence-corrected chi connectivity index (χ4v) is 2.22. The van der Waals surface area contributed by atoms with Crippen LogP contribution >= 0.6 is 11.6 Å². The SMILES string of the molecule is CCOc1ccc(NC(=O)NC(=O)c2ccccc2Cl)cc1OC.